The van der Waals surface area contributed by atoms with Gasteiger partial charge in [-0.05, 0) is 19.3 Å². The lowest BCUT2D eigenvalue weighted by atomic mass is 9.84. The van der Waals surface area contributed by atoms with Crippen LogP contribution in [0.1, 0.15) is 38.5 Å². The van der Waals surface area contributed by atoms with E-state index >= 15 is 0 Å². The summed E-state index contributed by atoms with van der Waals surface area (Å²) in [7, 11) is 0. The minimum absolute atomic E-state index is 0.108. The van der Waals surface area contributed by atoms with Crippen molar-refractivity contribution in [3.63, 3.8) is 0 Å². The summed E-state index contributed by atoms with van der Waals surface area (Å²) in [6.07, 6.45) is 5.11. The average Bonchev–Trinajstić information content (AvgIpc) is 2.05. The summed E-state index contributed by atoms with van der Waals surface area (Å²) >= 11 is 20.6. The van der Waals surface area contributed by atoms with Crippen LogP contribution in [0, 0.1) is 5.92 Å². The first-order valence-electron chi connectivity index (χ1n) is 5.12. The molecule has 2 atom stereocenters. The van der Waals surface area contributed by atoms with Crippen LogP contribution < -0.4 is 0 Å². The Morgan fingerprint density at radius 3 is 2.60 bits per heavy atom. The van der Waals surface area contributed by atoms with Gasteiger partial charge in [0.25, 0.3) is 0 Å². The number of rotatable bonds is 3. The Labute approximate surface area is 114 Å². The number of Topliss-reactive ketones (excluding diaryl/α,β-unsaturated/α-hetero) is 1. The molecule has 0 aliphatic heterocycles. The zero-order valence-corrected chi connectivity index (χ0v) is 12.2. The van der Waals surface area contributed by atoms with Gasteiger partial charge in [-0.25, -0.2) is 0 Å². The Hall–Kier alpha value is 1.02. The molecule has 5 heteroatoms. The van der Waals surface area contributed by atoms with Crippen molar-refractivity contribution in [3.05, 3.63) is 0 Å². The minimum atomic E-state index is -1.23. The van der Waals surface area contributed by atoms with Crippen LogP contribution in [0.5, 0.6) is 0 Å². The Kier molecular flexibility index (Phi) is 5.72. The normalized spacial score (nSPS) is 25.3. The summed E-state index contributed by atoms with van der Waals surface area (Å²) in [6.45, 7) is 0. The molecule has 0 heterocycles. The van der Waals surface area contributed by atoms with Gasteiger partial charge in [0.15, 0.2) is 3.79 Å². The maximum Gasteiger partial charge on any atom is 0.191 e. The van der Waals surface area contributed by atoms with Crippen molar-refractivity contribution in [1.82, 2.24) is 0 Å². The second-order valence-corrected chi connectivity index (χ2v) is 7.87. The third-order valence-electron chi connectivity index (χ3n) is 2.67. The first kappa shape index (κ1) is 14.1. The van der Waals surface area contributed by atoms with Crippen molar-refractivity contribution < 1.29 is 4.79 Å². The molecular weight excluding hydrogens is 322 g/mol. The lowest BCUT2D eigenvalue weighted by Crippen LogP contribution is -2.23. The van der Waals surface area contributed by atoms with Crippen molar-refractivity contribution in [2.45, 2.75) is 47.1 Å². The highest BCUT2D eigenvalue weighted by atomic mass is 79.9. The van der Waals surface area contributed by atoms with E-state index in [0.29, 0.717) is 12.2 Å². The third-order valence-corrected chi connectivity index (χ3v) is 3.83. The van der Waals surface area contributed by atoms with Crippen LogP contribution in [0.25, 0.3) is 0 Å². The van der Waals surface area contributed by atoms with Crippen LogP contribution in [0.15, 0.2) is 0 Å². The highest BCUT2D eigenvalue weighted by Crippen LogP contribution is 2.36. The summed E-state index contributed by atoms with van der Waals surface area (Å²) in [4.78, 5) is 11.7. The molecule has 0 N–H and O–H groups in total. The fraction of sp³-hybridized carbons (Fsp3) is 0.900. The maximum absolute atomic E-state index is 11.6. The van der Waals surface area contributed by atoms with Gasteiger partial charge in [0, 0.05) is 23.6 Å². The van der Waals surface area contributed by atoms with E-state index in [9.17, 15) is 4.79 Å². The molecule has 0 amide bonds. The van der Waals surface area contributed by atoms with Gasteiger partial charge < -0.3 is 0 Å². The fourth-order valence-corrected chi connectivity index (χ4v) is 4.00. The molecule has 1 aliphatic rings. The highest BCUT2D eigenvalue weighted by Gasteiger charge is 2.29. The standard InChI is InChI=1S/C10H14BrCl3O/c11-8(6-10(12,13)14)5-7-3-1-2-4-9(7)15/h7-8H,1-6H2. The van der Waals surface area contributed by atoms with Crippen LogP contribution >= 0.6 is 50.7 Å². The molecule has 0 aromatic carbocycles. The van der Waals surface area contributed by atoms with E-state index in [-0.39, 0.29) is 10.7 Å². The zero-order valence-electron chi connectivity index (χ0n) is 8.32. The van der Waals surface area contributed by atoms with Gasteiger partial charge in [-0.1, -0.05) is 57.2 Å². The van der Waals surface area contributed by atoms with E-state index in [1.807, 2.05) is 0 Å². The molecule has 0 radical (unpaired) electrons. The number of halogens is 4. The molecule has 0 aromatic heterocycles. The second-order valence-electron chi connectivity index (χ2n) is 4.06. The van der Waals surface area contributed by atoms with Gasteiger partial charge in [0.05, 0.1) is 0 Å². The molecule has 0 aromatic rings. The van der Waals surface area contributed by atoms with Crippen LogP contribution in [-0.2, 0) is 4.79 Å². The van der Waals surface area contributed by atoms with Crippen molar-refractivity contribution >= 4 is 56.5 Å². The number of hydrogen-bond donors (Lipinski definition) is 0. The minimum Gasteiger partial charge on any atom is -0.299 e. The number of carbonyl (C=O) groups is 1. The first-order valence-corrected chi connectivity index (χ1v) is 7.17. The van der Waals surface area contributed by atoms with Crippen molar-refractivity contribution in [2.75, 3.05) is 0 Å². The van der Waals surface area contributed by atoms with E-state index < -0.39 is 3.79 Å². The van der Waals surface area contributed by atoms with Gasteiger partial charge in [0.1, 0.15) is 5.78 Å². The van der Waals surface area contributed by atoms with E-state index in [1.165, 1.54) is 0 Å². The summed E-state index contributed by atoms with van der Waals surface area (Å²) in [6, 6.07) is 0. The molecule has 2 unspecified atom stereocenters. The van der Waals surface area contributed by atoms with Gasteiger partial charge in [-0.2, -0.15) is 0 Å². The van der Waals surface area contributed by atoms with E-state index in [1.54, 1.807) is 0 Å². The molecule has 0 saturated heterocycles. The van der Waals surface area contributed by atoms with Crippen molar-refractivity contribution in [2.24, 2.45) is 5.92 Å². The Morgan fingerprint density at radius 2 is 2.07 bits per heavy atom. The smallest absolute Gasteiger partial charge is 0.191 e. The number of carbonyl (C=O) groups excluding carboxylic acids is 1. The monoisotopic (exact) mass is 334 g/mol. The highest BCUT2D eigenvalue weighted by molar-refractivity contribution is 9.09. The Morgan fingerprint density at radius 1 is 1.40 bits per heavy atom. The van der Waals surface area contributed by atoms with Crippen LogP contribution in [0.2, 0.25) is 0 Å². The van der Waals surface area contributed by atoms with Gasteiger partial charge in [0.2, 0.25) is 0 Å². The average molecular weight is 336 g/mol. The number of hydrogen-bond acceptors (Lipinski definition) is 1. The summed E-state index contributed by atoms with van der Waals surface area (Å²) in [5, 5.41) is 0. The first-order chi connectivity index (χ1) is 6.88. The summed E-state index contributed by atoms with van der Waals surface area (Å²) in [5.74, 6) is 0.533. The van der Waals surface area contributed by atoms with Crippen molar-refractivity contribution in [1.29, 1.82) is 0 Å². The molecular formula is C10H14BrCl3O. The van der Waals surface area contributed by atoms with Crippen LogP contribution in [-0.4, -0.2) is 14.4 Å². The van der Waals surface area contributed by atoms with E-state index in [2.05, 4.69) is 15.9 Å². The molecule has 1 rings (SSSR count). The zero-order chi connectivity index (χ0) is 11.5. The van der Waals surface area contributed by atoms with Gasteiger partial charge in [-0.15, -0.1) is 0 Å². The van der Waals surface area contributed by atoms with E-state index in [4.69, 9.17) is 34.8 Å². The Bertz CT molecular complexity index is 227. The predicted octanol–water partition coefficient (Wildman–Crippen LogP) is 4.66. The quantitative estimate of drug-likeness (QED) is 0.685. The van der Waals surface area contributed by atoms with Gasteiger partial charge >= 0.3 is 0 Å². The molecule has 0 spiro atoms. The maximum atomic E-state index is 11.6. The molecule has 15 heavy (non-hydrogen) atoms. The SMILES string of the molecule is O=C1CCCCC1CC(Br)CC(Cl)(Cl)Cl. The molecule has 1 saturated carbocycles. The van der Waals surface area contributed by atoms with Crippen molar-refractivity contribution in [3.8, 4) is 0 Å². The summed E-state index contributed by atoms with van der Waals surface area (Å²) in [5.41, 5.74) is 0. The predicted molar refractivity (Wildman–Crippen MR) is 69.2 cm³/mol. The summed E-state index contributed by atoms with van der Waals surface area (Å²) < 4.78 is -1.23. The molecule has 0 bridgehead atoms. The van der Waals surface area contributed by atoms with E-state index in [0.717, 1.165) is 32.1 Å². The molecule has 1 nitrogen and oxygen atoms in total. The third kappa shape index (κ3) is 5.76. The molecule has 1 aliphatic carbocycles. The Balaban J connectivity index is 2.36. The van der Waals surface area contributed by atoms with Crippen LogP contribution in [0.4, 0.5) is 0 Å². The van der Waals surface area contributed by atoms with Gasteiger partial charge in [-0.3, -0.25) is 4.79 Å². The topological polar surface area (TPSA) is 17.1 Å². The lowest BCUT2D eigenvalue weighted by molar-refractivity contribution is -0.124. The fourth-order valence-electron chi connectivity index (χ4n) is 1.95. The number of alkyl halides is 4. The largest absolute Gasteiger partial charge is 0.299 e. The molecule has 1 fully saturated rings. The number of ketones is 1. The second kappa shape index (κ2) is 6.09. The lowest BCUT2D eigenvalue weighted by Gasteiger charge is -2.24. The van der Waals surface area contributed by atoms with Crippen LogP contribution in [0.3, 0.4) is 0 Å². The molecule has 88 valence electrons.